The van der Waals surface area contributed by atoms with E-state index in [0.29, 0.717) is 5.69 Å². The van der Waals surface area contributed by atoms with Crippen molar-refractivity contribution in [3.05, 3.63) is 66.2 Å². The molecule has 1 amide bonds. The molecule has 0 saturated heterocycles. The molecule has 2 aromatic rings. The molecule has 0 atom stereocenters. The van der Waals surface area contributed by atoms with Crippen LogP contribution >= 0.6 is 0 Å². The summed E-state index contributed by atoms with van der Waals surface area (Å²) in [7, 11) is 1.72. The molecule has 0 aliphatic rings. The predicted molar refractivity (Wildman–Crippen MR) is 89.4 cm³/mol. The van der Waals surface area contributed by atoms with E-state index in [4.69, 9.17) is 0 Å². The maximum absolute atomic E-state index is 13.0. The Kier molecular flexibility index (Phi) is 4.97. The highest BCUT2D eigenvalue weighted by molar-refractivity contribution is 6.05. The summed E-state index contributed by atoms with van der Waals surface area (Å²) in [5.74, 6) is -0.531. The quantitative estimate of drug-likeness (QED) is 0.799. The summed E-state index contributed by atoms with van der Waals surface area (Å²) in [4.78, 5) is 13.6. The lowest BCUT2D eigenvalue weighted by molar-refractivity contribution is -0.137. The van der Waals surface area contributed by atoms with Crippen LogP contribution in [-0.2, 0) is 11.0 Å². The Morgan fingerprint density at radius 2 is 1.75 bits per heavy atom. The van der Waals surface area contributed by atoms with Crippen LogP contribution in [0.4, 0.5) is 30.2 Å². The highest BCUT2D eigenvalue weighted by atomic mass is 19.4. The van der Waals surface area contributed by atoms with Gasteiger partial charge in [-0.15, -0.1) is 0 Å². The third-order valence-electron chi connectivity index (χ3n) is 3.46. The summed E-state index contributed by atoms with van der Waals surface area (Å²) in [6.07, 6.45) is -4.49. The summed E-state index contributed by atoms with van der Waals surface area (Å²) in [6, 6.07) is 12.4. The Bertz CT molecular complexity index is 755. The summed E-state index contributed by atoms with van der Waals surface area (Å²) >= 11 is 0. The number of nitrogens with zero attached hydrogens (tertiary/aromatic N) is 1. The second kappa shape index (κ2) is 6.78. The lowest BCUT2D eigenvalue weighted by Crippen LogP contribution is -2.18. The SMILES string of the molecule is C=C(C)C(=O)Nc1cc(C(F)(F)F)ccc1N(C)c1ccccc1. The number of rotatable bonds is 4. The summed E-state index contributed by atoms with van der Waals surface area (Å²) in [5.41, 5.74) is 0.682. The van der Waals surface area contributed by atoms with Crippen LogP contribution in [0.2, 0.25) is 0 Å². The van der Waals surface area contributed by atoms with Crippen LogP contribution < -0.4 is 10.2 Å². The van der Waals surface area contributed by atoms with Crippen LogP contribution in [0.5, 0.6) is 0 Å². The summed E-state index contributed by atoms with van der Waals surface area (Å²) < 4.78 is 38.9. The van der Waals surface area contributed by atoms with Crippen molar-refractivity contribution in [2.45, 2.75) is 13.1 Å². The number of halogens is 3. The highest BCUT2D eigenvalue weighted by Crippen LogP contribution is 2.37. The van der Waals surface area contributed by atoms with E-state index in [1.165, 1.54) is 13.0 Å². The van der Waals surface area contributed by atoms with Crippen molar-refractivity contribution in [2.75, 3.05) is 17.3 Å². The van der Waals surface area contributed by atoms with E-state index < -0.39 is 17.6 Å². The van der Waals surface area contributed by atoms with Crippen LogP contribution in [0.15, 0.2) is 60.7 Å². The first-order valence-electron chi connectivity index (χ1n) is 7.17. The molecule has 6 heteroatoms. The van der Waals surface area contributed by atoms with Gasteiger partial charge in [-0.05, 0) is 37.3 Å². The van der Waals surface area contributed by atoms with Crippen molar-refractivity contribution < 1.29 is 18.0 Å². The lowest BCUT2D eigenvalue weighted by Gasteiger charge is -2.24. The average molecular weight is 334 g/mol. The molecular weight excluding hydrogens is 317 g/mol. The van der Waals surface area contributed by atoms with Crippen LogP contribution in [0, 0.1) is 0 Å². The number of anilines is 3. The Labute approximate surface area is 138 Å². The molecule has 2 rings (SSSR count). The molecule has 0 unspecified atom stereocenters. The van der Waals surface area contributed by atoms with Gasteiger partial charge in [0, 0.05) is 18.3 Å². The molecule has 0 radical (unpaired) electrons. The first kappa shape index (κ1) is 17.6. The van der Waals surface area contributed by atoms with E-state index in [0.717, 1.165) is 17.8 Å². The van der Waals surface area contributed by atoms with Gasteiger partial charge >= 0.3 is 6.18 Å². The minimum Gasteiger partial charge on any atom is -0.343 e. The lowest BCUT2D eigenvalue weighted by atomic mass is 10.1. The molecule has 1 N–H and O–H groups in total. The maximum atomic E-state index is 13.0. The summed E-state index contributed by atoms with van der Waals surface area (Å²) in [5, 5.41) is 2.49. The molecule has 0 aliphatic heterocycles. The Balaban J connectivity index is 2.49. The monoisotopic (exact) mass is 334 g/mol. The third kappa shape index (κ3) is 3.95. The normalized spacial score (nSPS) is 11.0. The number of alkyl halides is 3. The fourth-order valence-electron chi connectivity index (χ4n) is 2.12. The number of para-hydroxylation sites is 1. The largest absolute Gasteiger partial charge is 0.416 e. The molecule has 2 aromatic carbocycles. The first-order chi connectivity index (χ1) is 11.2. The van der Waals surface area contributed by atoms with E-state index in [-0.39, 0.29) is 11.3 Å². The minimum atomic E-state index is -4.49. The maximum Gasteiger partial charge on any atom is 0.416 e. The van der Waals surface area contributed by atoms with Gasteiger partial charge in [0.25, 0.3) is 5.91 Å². The smallest absolute Gasteiger partial charge is 0.343 e. The van der Waals surface area contributed by atoms with Crippen molar-refractivity contribution in [1.82, 2.24) is 0 Å². The van der Waals surface area contributed by atoms with Gasteiger partial charge in [0.15, 0.2) is 0 Å². The van der Waals surface area contributed by atoms with Gasteiger partial charge in [-0.3, -0.25) is 4.79 Å². The van der Waals surface area contributed by atoms with Gasteiger partial charge < -0.3 is 10.2 Å². The fraction of sp³-hybridized carbons (Fsp3) is 0.167. The van der Waals surface area contributed by atoms with Crippen LogP contribution in [-0.4, -0.2) is 13.0 Å². The number of carbonyl (C=O) groups is 1. The van der Waals surface area contributed by atoms with Gasteiger partial charge in [0.2, 0.25) is 0 Å². The molecule has 126 valence electrons. The van der Waals surface area contributed by atoms with Gasteiger partial charge in [0.1, 0.15) is 0 Å². The summed E-state index contributed by atoms with van der Waals surface area (Å²) in [6.45, 7) is 5.00. The molecular formula is C18H17F3N2O. The fourth-order valence-corrected chi connectivity index (χ4v) is 2.12. The molecule has 0 heterocycles. The van der Waals surface area contributed by atoms with Crippen LogP contribution in [0.25, 0.3) is 0 Å². The molecule has 0 aromatic heterocycles. The van der Waals surface area contributed by atoms with E-state index >= 15 is 0 Å². The standard InChI is InChI=1S/C18H17F3N2O/c1-12(2)17(24)22-15-11-13(18(19,20)21)9-10-16(15)23(3)14-7-5-4-6-8-14/h4-11H,1H2,2-3H3,(H,22,24). The molecule has 24 heavy (non-hydrogen) atoms. The van der Waals surface area contributed by atoms with Crippen molar-refractivity contribution >= 4 is 23.0 Å². The Morgan fingerprint density at radius 3 is 2.29 bits per heavy atom. The minimum absolute atomic E-state index is 0.0733. The van der Waals surface area contributed by atoms with Crippen molar-refractivity contribution in [3.63, 3.8) is 0 Å². The zero-order valence-electron chi connectivity index (χ0n) is 13.3. The molecule has 0 aliphatic carbocycles. The van der Waals surface area contributed by atoms with Gasteiger partial charge in [-0.25, -0.2) is 0 Å². The molecule has 3 nitrogen and oxygen atoms in total. The topological polar surface area (TPSA) is 32.3 Å². The average Bonchev–Trinajstić information content (AvgIpc) is 2.54. The second-order valence-corrected chi connectivity index (χ2v) is 5.36. The second-order valence-electron chi connectivity index (χ2n) is 5.36. The third-order valence-corrected chi connectivity index (χ3v) is 3.46. The predicted octanol–water partition coefficient (Wildman–Crippen LogP) is 4.99. The Morgan fingerprint density at radius 1 is 1.12 bits per heavy atom. The van der Waals surface area contributed by atoms with Crippen LogP contribution in [0.1, 0.15) is 12.5 Å². The molecule has 0 fully saturated rings. The van der Waals surface area contributed by atoms with Crippen molar-refractivity contribution in [2.24, 2.45) is 0 Å². The zero-order valence-corrected chi connectivity index (χ0v) is 13.3. The van der Waals surface area contributed by atoms with E-state index in [9.17, 15) is 18.0 Å². The van der Waals surface area contributed by atoms with E-state index in [2.05, 4.69) is 11.9 Å². The van der Waals surface area contributed by atoms with E-state index in [1.54, 1.807) is 11.9 Å². The number of hydrogen-bond donors (Lipinski definition) is 1. The first-order valence-corrected chi connectivity index (χ1v) is 7.17. The molecule has 0 spiro atoms. The van der Waals surface area contributed by atoms with Crippen LogP contribution in [0.3, 0.4) is 0 Å². The van der Waals surface area contributed by atoms with Crippen molar-refractivity contribution in [3.8, 4) is 0 Å². The number of benzene rings is 2. The van der Waals surface area contributed by atoms with Crippen molar-refractivity contribution in [1.29, 1.82) is 0 Å². The Hall–Kier alpha value is -2.76. The zero-order chi connectivity index (χ0) is 17.9. The van der Waals surface area contributed by atoms with Gasteiger partial charge in [0.05, 0.1) is 16.9 Å². The number of hydrogen-bond acceptors (Lipinski definition) is 2. The van der Waals surface area contributed by atoms with Gasteiger partial charge in [-0.2, -0.15) is 13.2 Å². The number of nitrogens with one attached hydrogen (secondary N) is 1. The number of amides is 1. The molecule has 0 saturated carbocycles. The van der Waals surface area contributed by atoms with Gasteiger partial charge in [-0.1, -0.05) is 24.8 Å². The van der Waals surface area contributed by atoms with E-state index in [1.807, 2.05) is 30.3 Å². The molecule has 0 bridgehead atoms. The number of carbonyl (C=O) groups excluding carboxylic acids is 1. The highest BCUT2D eigenvalue weighted by Gasteiger charge is 2.31.